The van der Waals surface area contributed by atoms with Crippen LogP contribution in [0.15, 0.2) is 28.8 Å². The number of methoxy groups -OCH3 is 1. The molecule has 1 heterocycles. The van der Waals surface area contributed by atoms with Gasteiger partial charge in [0, 0.05) is 5.56 Å². The van der Waals surface area contributed by atoms with E-state index >= 15 is 0 Å². The van der Waals surface area contributed by atoms with E-state index in [1.165, 1.54) is 13.2 Å². The Bertz CT molecular complexity index is 554. The molecule has 4 nitrogen and oxygen atoms in total. The van der Waals surface area contributed by atoms with Crippen LogP contribution in [0.3, 0.4) is 0 Å². The van der Waals surface area contributed by atoms with Gasteiger partial charge in [-0.05, 0) is 31.7 Å². The van der Waals surface area contributed by atoms with Gasteiger partial charge in [0.15, 0.2) is 17.3 Å². The van der Waals surface area contributed by atoms with Crippen LogP contribution in [0.5, 0.6) is 5.75 Å². The van der Waals surface area contributed by atoms with Crippen LogP contribution in [-0.4, -0.2) is 18.6 Å². The van der Waals surface area contributed by atoms with Gasteiger partial charge in [-0.1, -0.05) is 6.92 Å². The summed E-state index contributed by atoms with van der Waals surface area (Å²) in [7, 11) is 1.43. The second kappa shape index (κ2) is 5.84. The molecular weight excluding hydrogens is 247 g/mol. The molecule has 0 aliphatic heterocycles. The number of nitrogens with one attached hydrogen (secondary N) is 1. The molecule has 0 fully saturated rings. The molecule has 5 heteroatoms. The average Bonchev–Trinajstić information content (AvgIpc) is 2.88. The topological polar surface area (TPSA) is 47.3 Å². The molecule has 2 aromatic rings. The highest BCUT2D eigenvalue weighted by molar-refractivity contribution is 5.58. The van der Waals surface area contributed by atoms with Gasteiger partial charge in [0.1, 0.15) is 0 Å². The summed E-state index contributed by atoms with van der Waals surface area (Å²) in [5, 5.41) is 3.21. The molecule has 2 rings (SSSR count). The molecule has 19 heavy (non-hydrogen) atoms. The van der Waals surface area contributed by atoms with Gasteiger partial charge in [-0.25, -0.2) is 9.37 Å². The average molecular weight is 264 g/mol. The lowest BCUT2D eigenvalue weighted by Gasteiger charge is -2.07. The SMILES string of the molecule is CCNC(C)c1ncc(-c2ccc(OC)c(F)c2)o1. The van der Waals surface area contributed by atoms with Crippen LogP contribution in [0.2, 0.25) is 0 Å². The quantitative estimate of drug-likeness (QED) is 0.901. The van der Waals surface area contributed by atoms with E-state index < -0.39 is 5.82 Å². The highest BCUT2D eigenvalue weighted by atomic mass is 19.1. The highest BCUT2D eigenvalue weighted by Crippen LogP contribution is 2.27. The van der Waals surface area contributed by atoms with Crippen molar-refractivity contribution in [1.82, 2.24) is 10.3 Å². The zero-order valence-corrected chi connectivity index (χ0v) is 11.2. The predicted octanol–water partition coefficient (Wildman–Crippen LogP) is 3.16. The van der Waals surface area contributed by atoms with Crippen LogP contribution in [0, 0.1) is 5.82 Å². The van der Waals surface area contributed by atoms with E-state index in [0.717, 1.165) is 6.54 Å². The van der Waals surface area contributed by atoms with Crippen LogP contribution in [0.4, 0.5) is 4.39 Å². The largest absolute Gasteiger partial charge is 0.494 e. The number of hydrogen-bond acceptors (Lipinski definition) is 4. The zero-order chi connectivity index (χ0) is 13.8. The van der Waals surface area contributed by atoms with E-state index in [-0.39, 0.29) is 11.8 Å². The molecular formula is C14H17FN2O2. The molecule has 0 aliphatic rings. The third kappa shape index (κ3) is 2.93. The number of ether oxygens (including phenoxy) is 1. The third-order valence-corrected chi connectivity index (χ3v) is 2.84. The van der Waals surface area contributed by atoms with Crippen molar-refractivity contribution in [3.8, 4) is 17.1 Å². The molecule has 0 amide bonds. The van der Waals surface area contributed by atoms with Crippen molar-refractivity contribution in [2.75, 3.05) is 13.7 Å². The van der Waals surface area contributed by atoms with Crippen molar-refractivity contribution in [2.45, 2.75) is 19.9 Å². The van der Waals surface area contributed by atoms with Crippen LogP contribution < -0.4 is 10.1 Å². The first kappa shape index (κ1) is 13.5. The van der Waals surface area contributed by atoms with E-state index in [2.05, 4.69) is 10.3 Å². The molecule has 1 N–H and O–H groups in total. The fourth-order valence-corrected chi connectivity index (χ4v) is 1.83. The van der Waals surface area contributed by atoms with E-state index in [1.54, 1.807) is 18.3 Å². The first-order valence-electron chi connectivity index (χ1n) is 6.18. The molecule has 0 bridgehead atoms. The molecule has 0 saturated heterocycles. The molecule has 1 unspecified atom stereocenters. The van der Waals surface area contributed by atoms with Crippen LogP contribution in [-0.2, 0) is 0 Å². The van der Waals surface area contributed by atoms with E-state index in [4.69, 9.17) is 9.15 Å². The van der Waals surface area contributed by atoms with Crippen LogP contribution in [0.25, 0.3) is 11.3 Å². The molecule has 0 radical (unpaired) electrons. The highest BCUT2D eigenvalue weighted by Gasteiger charge is 2.13. The van der Waals surface area contributed by atoms with Crippen molar-refractivity contribution >= 4 is 0 Å². The summed E-state index contributed by atoms with van der Waals surface area (Å²) < 4.78 is 24.1. The lowest BCUT2D eigenvalue weighted by atomic mass is 10.2. The Morgan fingerprint density at radius 2 is 2.26 bits per heavy atom. The Balaban J connectivity index is 2.25. The summed E-state index contributed by atoms with van der Waals surface area (Å²) in [6, 6.07) is 4.72. The summed E-state index contributed by atoms with van der Waals surface area (Å²) in [6.45, 7) is 4.81. The summed E-state index contributed by atoms with van der Waals surface area (Å²) in [6.07, 6.45) is 1.60. The molecule has 0 spiro atoms. The van der Waals surface area contributed by atoms with Crippen LogP contribution in [0.1, 0.15) is 25.8 Å². The maximum absolute atomic E-state index is 13.6. The van der Waals surface area contributed by atoms with E-state index in [9.17, 15) is 4.39 Å². The summed E-state index contributed by atoms with van der Waals surface area (Å²) in [5.41, 5.74) is 0.640. The Hall–Kier alpha value is -1.88. The molecule has 0 saturated carbocycles. The molecule has 1 aromatic heterocycles. The zero-order valence-electron chi connectivity index (χ0n) is 11.2. The normalized spacial score (nSPS) is 12.4. The van der Waals surface area contributed by atoms with Crippen molar-refractivity contribution < 1.29 is 13.5 Å². The third-order valence-electron chi connectivity index (χ3n) is 2.84. The van der Waals surface area contributed by atoms with Crippen molar-refractivity contribution in [3.05, 3.63) is 36.1 Å². The fourth-order valence-electron chi connectivity index (χ4n) is 1.83. The first-order valence-corrected chi connectivity index (χ1v) is 6.18. The smallest absolute Gasteiger partial charge is 0.211 e. The number of hydrogen-bond donors (Lipinski definition) is 1. The lowest BCUT2D eigenvalue weighted by Crippen LogP contribution is -2.17. The van der Waals surface area contributed by atoms with E-state index in [0.29, 0.717) is 17.2 Å². The molecule has 1 atom stereocenters. The fraction of sp³-hybridized carbons (Fsp3) is 0.357. The van der Waals surface area contributed by atoms with Crippen molar-refractivity contribution in [1.29, 1.82) is 0 Å². The van der Waals surface area contributed by atoms with Crippen molar-refractivity contribution in [3.63, 3.8) is 0 Å². The minimum Gasteiger partial charge on any atom is -0.494 e. The summed E-state index contributed by atoms with van der Waals surface area (Å²) in [5.74, 6) is 0.927. The van der Waals surface area contributed by atoms with Crippen LogP contribution >= 0.6 is 0 Å². The number of halogens is 1. The Labute approximate surface area is 111 Å². The van der Waals surface area contributed by atoms with Gasteiger partial charge in [-0.15, -0.1) is 0 Å². The Morgan fingerprint density at radius 3 is 2.89 bits per heavy atom. The number of benzene rings is 1. The lowest BCUT2D eigenvalue weighted by molar-refractivity contribution is 0.386. The maximum atomic E-state index is 13.6. The second-order valence-corrected chi connectivity index (χ2v) is 4.19. The molecule has 1 aromatic carbocycles. The minimum atomic E-state index is -0.419. The van der Waals surface area contributed by atoms with Crippen molar-refractivity contribution in [2.24, 2.45) is 0 Å². The first-order chi connectivity index (χ1) is 9.15. The maximum Gasteiger partial charge on any atom is 0.211 e. The second-order valence-electron chi connectivity index (χ2n) is 4.19. The summed E-state index contributed by atoms with van der Waals surface area (Å²) >= 11 is 0. The van der Waals surface area contributed by atoms with Gasteiger partial charge in [0.05, 0.1) is 19.3 Å². The van der Waals surface area contributed by atoms with Gasteiger partial charge in [0.2, 0.25) is 5.89 Å². The standard InChI is InChI=1S/C14H17FN2O2/c1-4-16-9(2)14-17-8-13(19-14)10-5-6-12(18-3)11(15)7-10/h5-9,16H,4H2,1-3H3. The number of oxazole rings is 1. The van der Waals surface area contributed by atoms with Gasteiger partial charge in [-0.2, -0.15) is 0 Å². The Kier molecular flexibility index (Phi) is 4.16. The van der Waals surface area contributed by atoms with Gasteiger partial charge in [0.25, 0.3) is 0 Å². The minimum absolute atomic E-state index is 0.0295. The molecule has 102 valence electrons. The Morgan fingerprint density at radius 1 is 1.47 bits per heavy atom. The predicted molar refractivity (Wildman–Crippen MR) is 70.5 cm³/mol. The van der Waals surface area contributed by atoms with Gasteiger partial charge < -0.3 is 14.5 Å². The van der Waals surface area contributed by atoms with Gasteiger partial charge >= 0.3 is 0 Å². The number of nitrogens with zero attached hydrogens (tertiary/aromatic N) is 1. The molecule has 0 aliphatic carbocycles. The number of rotatable bonds is 5. The van der Waals surface area contributed by atoms with E-state index in [1.807, 2.05) is 13.8 Å². The van der Waals surface area contributed by atoms with Gasteiger partial charge in [-0.3, -0.25) is 0 Å². The number of aromatic nitrogens is 1. The summed E-state index contributed by atoms with van der Waals surface area (Å²) in [4.78, 5) is 4.20. The monoisotopic (exact) mass is 264 g/mol.